The quantitative estimate of drug-likeness (QED) is 0.466. The van der Waals surface area contributed by atoms with Crippen molar-refractivity contribution in [3.8, 4) is 6.07 Å². The van der Waals surface area contributed by atoms with Gasteiger partial charge in [0, 0.05) is 6.07 Å². The summed E-state index contributed by atoms with van der Waals surface area (Å²) in [5.74, 6) is -0.587. The van der Waals surface area contributed by atoms with Gasteiger partial charge < -0.3 is 4.74 Å². The van der Waals surface area contributed by atoms with Crippen molar-refractivity contribution < 1.29 is 14.5 Å². The van der Waals surface area contributed by atoms with E-state index in [-0.39, 0.29) is 22.6 Å². The van der Waals surface area contributed by atoms with Crippen LogP contribution in [-0.4, -0.2) is 18.0 Å². The highest BCUT2D eigenvalue weighted by Gasteiger charge is 2.19. The normalized spacial score (nSPS) is 9.47. The Kier molecular flexibility index (Phi) is 4.01. The maximum atomic E-state index is 11.1. The molecule has 0 atom stereocenters. The molecule has 0 N–H and O–H groups in total. The lowest BCUT2D eigenvalue weighted by Gasteiger charge is -2.04. The van der Waals surface area contributed by atoms with E-state index in [1.165, 1.54) is 13.2 Å². The van der Waals surface area contributed by atoms with Gasteiger partial charge in [0.2, 0.25) is 0 Å². The molecule has 0 aliphatic heterocycles. The summed E-state index contributed by atoms with van der Waals surface area (Å²) in [7, 11) is 1.19. The number of hydrogen-bond acceptors (Lipinski definition) is 5. The van der Waals surface area contributed by atoms with Crippen LogP contribution in [0, 0.1) is 21.4 Å². The molecule has 0 fully saturated rings. The van der Waals surface area contributed by atoms with E-state index in [2.05, 4.69) is 4.74 Å². The van der Waals surface area contributed by atoms with Crippen LogP contribution in [0.3, 0.4) is 0 Å². The maximum Gasteiger partial charge on any atom is 0.310 e. The fraction of sp³-hybridized carbons (Fsp3) is 0.200. The summed E-state index contributed by atoms with van der Waals surface area (Å²) < 4.78 is 4.43. The van der Waals surface area contributed by atoms with Gasteiger partial charge in [-0.1, -0.05) is 11.6 Å². The highest BCUT2D eigenvalue weighted by Crippen LogP contribution is 2.30. The zero-order chi connectivity index (χ0) is 13.0. The Morgan fingerprint density at radius 3 is 2.76 bits per heavy atom. The minimum absolute atomic E-state index is 0.0694. The molecule has 88 valence electrons. The Hall–Kier alpha value is -2.13. The molecule has 0 spiro atoms. The summed E-state index contributed by atoms with van der Waals surface area (Å²) in [4.78, 5) is 21.1. The third-order valence-electron chi connectivity index (χ3n) is 2.02. The number of halogens is 1. The number of methoxy groups -OCH3 is 1. The topological polar surface area (TPSA) is 93.2 Å². The minimum atomic E-state index is -0.704. The van der Waals surface area contributed by atoms with Gasteiger partial charge in [0.25, 0.3) is 5.69 Å². The second-order valence-electron chi connectivity index (χ2n) is 3.09. The molecule has 0 unspecified atom stereocenters. The highest BCUT2D eigenvalue weighted by atomic mass is 35.5. The van der Waals surface area contributed by atoms with Gasteiger partial charge in [-0.25, -0.2) is 0 Å². The average Bonchev–Trinajstić information content (AvgIpc) is 2.31. The van der Waals surface area contributed by atoms with Crippen LogP contribution in [0.1, 0.15) is 11.1 Å². The Labute approximate surface area is 102 Å². The van der Waals surface area contributed by atoms with E-state index in [0.717, 1.165) is 6.07 Å². The Morgan fingerprint density at radius 1 is 1.65 bits per heavy atom. The second-order valence-corrected chi connectivity index (χ2v) is 3.47. The number of hydrogen-bond donors (Lipinski definition) is 0. The molecule has 17 heavy (non-hydrogen) atoms. The molecular formula is C10H7ClN2O4. The minimum Gasteiger partial charge on any atom is -0.469 e. The van der Waals surface area contributed by atoms with E-state index < -0.39 is 16.6 Å². The maximum absolute atomic E-state index is 11.1. The summed E-state index contributed by atoms with van der Waals surface area (Å²) in [5.41, 5.74) is -0.131. The largest absolute Gasteiger partial charge is 0.469 e. The first kappa shape index (κ1) is 12.9. The average molecular weight is 255 g/mol. The SMILES string of the molecule is COC(=O)Cc1cc(C#N)cc([N+](=O)[O-])c1Cl. The lowest BCUT2D eigenvalue weighted by molar-refractivity contribution is -0.384. The molecule has 0 heterocycles. The van der Waals surface area contributed by atoms with Crippen LogP contribution in [0.25, 0.3) is 0 Å². The zero-order valence-electron chi connectivity index (χ0n) is 8.77. The van der Waals surface area contributed by atoms with Gasteiger partial charge in [0.15, 0.2) is 0 Å². The van der Waals surface area contributed by atoms with Crippen LogP contribution >= 0.6 is 11.6 Å². The molecule has 0 radical (unpaired) electrons. The van der Waals surface area contributed by atoms with Crippen LogP contribution in [0.4, 0.5) is 5.69 Å². The van der Waals surface area contributed by atoms with E-state index in [4.69, 9.17) is 16.9 Å². The molecule has 0 aliphatic carbocycles. The molecule has 0 saturated carbocycles. The van der Waals surface area contributed by atoms with Gasteiger partial charge in [0.05, 0.1) is 30.1 Å². The molecule has 0 aliphatic rings. The van der Waals surface area contributed by atoms with Crippen molar-refractivity contribution >= 4 is 23.3 Å². The first-order chi connectivity index (χ1) is 7.99. The van der Waals surface area contributed by atoms with Crippen LogP contribution in [0.5, 0.6) is 0 Å². The molecule has 1 rings (SSSR count). The van der Waals surface area contributed by atoms with Crippen LogP contribution in [0.15, 0.2) is 12.1 Å². The molecule has 6 nitrogen and oxygen atoms in total. The fourth-order valence-corrected chi connectivity index (χ4v) is 1.47. The van der Waals surface area contributed by atoms with Crippen LogP contribution in [0.2, 0.25) is 5.02 Å². The van der Waals surface area contributed by atoms with Crippen molar-refractivity contribution in [2.75, 3.05) is 7.11 Å². The van der Waals surface area contributed by atoms with E-state index in [1.54, 1.807) is 6.07 Å². The Bertz CT molecular complexity index is 522. The number of rotatable bonds is 3. The second kappa shape index (κ2) is 5.27. The van der Waals surface area contributed by atoms with Gasteiger partial charge >= 0.3 is 5.97 Å². The van der Waals surface area contributed by atoms with Crippen LogP contribution < -0.4 is 0 Å². The molecule has 7 heteroatoms. The summed E-state index contributed by atoms with van der Waals surface area (Å²) in [5, 5.41) is 19.3. The lowest BCUT2D eigenvalue weighted by atomic mass is 10.1. The summed E-state index contributed by atoms with van der Waals surface area (Å²) in [6, 6.07) is 4.15. The van der Waals surface area contributed by atoms with Gasteiger partial charge in [-0.3, -0.25) is 14.9 Å². The van der Waals surface area contributed by atoms with Gasteiger partial charge in [-0.05, 0) is 11.6 Å². The third-order valence-corrected chi connectivity index (χ3v) is 2.45. The molecule has 0 amide bonds. The number of ether oxygens (including phenoxy) is 1. The predicted octanol–water partition coefficient (Wildman–Crippen LogP) is 1.84. The number of nitriles is 1. The Morgan fingerprint density at radius 2 is 2.29 bits per heavy atom. The smallest absolute Gasteiger partial charge is 0.310 e. The zero-order valence-corrected chi connectivity index (χ0v) is 9.52. The number of nitrogens with zero attached hydrogens (tertiary/aromatic N) is 2. The molecule has 1 aromatic carbocycles. The number of carbonyl (C=O) groups is 1. The van der Waals surface area contributed by atoms with Gasteiger partial charge in [-0.2, -0.15) is 5.26 Å². The summed E-state index contributed by atoms with van der Waals surface area (Å²) in [6.07, 6.45) is -0.217. The standard InChI is InChI=1S/C10H7ClN2O4/c1-17-9(14)4-7-2-6(5-12)3-8(10(7)11)13(15)16/h2-3H,4H2,1H3. The molecule has 1 aromatic rings. The van der Waals surface area contributed by atoms with Gasteiger partial charge in [0.1, 0.15) is 5.02 Å². The monoisotopic (exact) mass is 254 g/mol. The van der Waals surface area contributed by atoms with Crippen molar-refractivity contribution in [1.82, 2.24) is 0 Å². The molecule has 0 aromatic heterocycles. The van der Waals surface area contributed by atoms with Crippen molar-refractivity contribution in [3.63, 3.8) is 0 Å². The first-order valence-corrected chi connectivity index (χ1v) is 4.81. The molecule has 0 bridgehead atoms. The highest BCUT2D eigenvalue weighted by molar-refractivity contribution is 6.33. The summed E-state index contributed by atoms with van der Waals surface area (Å²) in [6.45, 7) is 0. The van der Waals surface area contributed by atoms with E-state index in [0.29, 0.717) is 0 Å². The first-order valence-electron chi connectivity index (χ1n) is 4.43. The number of esters is 1. The predicted molar refractivity (Wildman–Crippen MR) is 58.5 cm³/mol. The van der Waals surface area contributed by atoms with Crippen molar-refractivity contribution in [3.05, 3.63) is 38.4 Å². The molecular weight excluding hydrogens is 248 g/mol. The van der Waals surface area contributed by atoms with Gasteiger partial charge in [-0.15, -0.1) is 0 Å². The van der Waals surface area contributed by atoms with E-state index >= 15 is 0 Å². The fourth-order valence-electron chi connectivity index (χ4n) is 1.22. The molecule has 0 saturated heterocycles. The van der Waals surface area contributed by atoms with Crippen molar-refractivity contribution in [2.45, 2.75) is 6.42 Å². The number of carbonyl (C=O) groups excluding carboxylic acids is 1. The lowest BCUT2D eigenvalue weighted by Crippen LogP contribution is -2.06. The number of benzene rings is 1. The third kappa shape index (κ3) is 2.92. The Balaban J connectivity index is 3.30. The number of nitro groups is 1. The van der Waals surface area contributed by atoms with E-state index in [9.17, 15) is 14.9 Å². The number of nitro benzene ring substituents is 1. The van der Waals surface area contributed by atoms with E-state index in [1.807, 2.05) is 0 Å². The van der Waals surface area contributed by atoms with Crippen molar-refractivity contribution in [1.29, 1.82) is 5.26 Å². The van der Waals surface area contributed by atoms with Crippen molar-refractivity contribution in [2.24, 2.45) is 0 Å². The summed E-state index contributed by atoms with van der Waals surface area (Å²) >= 11 is 5.77. The van der Waals surface area contributed by atoms with Crippen LogP contribution in [-0.2, 0) is 16.0 Å².